The summed E-state index contributed by atoms with van der Waals surface area (Å²) in [4.78, 5) is 38.4. The summed E-state index contributed by atoms with van der Waals surface area (Å²) < 4.78 is 16.9. The van der Waals surface area contributed by atoms with Crippen LogP contribution in [0, 0.1) is 0 Å². The van der Waals surface area contributed by atoms with E-state index in [2.05, 4.69) is 112 Å². The minimum absolute atomic E-state index is 0.0976. The molecule has 0 N–H and O–H groups in total. The predicted molar refractivity (Wildman–Crippen MR) is 362 cm³/mol. The van der Waals surface area contributed by atoms with Gasteiger partial charge in [0.15, 0.2) is 6.10 Å². The zero-order chi connectivity index (χ0) is 59.9. The van der Waals surface area contributed by atoms with Gasteiger partial charge >= 0.3 is 17.9 Å². The monoisotopic (exact) mass is 1160 g/mol. The van der Waals surface area contributed by atoms with Gasteiger partial charge in [0.2, 0.25) is 0 Å². The molecule has 0 amide bonds. The standard InChI is InChI=1S/C77H134O6/c1-4-7-10-13-16-19-22-25-27-29-31-33-35-37-38-40-41-43-45-47-49-52-55-58-61-64-67-70-76(79)82-73-74(72-81-75(78)69-66-63-60-57-54-51-24-21-18-15-12-9-6-3)83-77(80)71-68-65-62-59-56-53-50-48-46-44-42-39-36-34-32-30-28-26-23-20-17-14-11-8-5-2/h9,12,18,21-23,25-26,29-32,51,54,60,63,74H,4-8,10-11,13-17,19-20,24,27-28,33-50,52-53,55-59,61-62,64-73H2,1-3H3/b12-9-,21-18-,25-22-,26-23-,31-29-,32-30-,54-51-,63-60-. The molecule has 83 heavy (non-hydrogen) atoms. The van der Waals surface area contributed by atoms with Crippen LogP contribution in [0.2, 0.25) is 0 Å². The zero-order valence-electron chi connectivity index (χ0n) is 54.9. The van der Waals surface area contributed by atoms with Crippen LogP contribution in [0.1, 0.15) is 355 Å². The van der Waals surface area contributed by atoms with Crippen molar-refractivity contribution in [1.29, 1.82) is 0 Å². The van der Waals surface area contributed by atoms with Crippen LogP contribution in [0.15, 0.2) is 97.2 Å². The van der Waals surface area contributed by atoms with E-state index in [0.717, 1.165) is 77.0 Å². The molecule has 0 saturated carbocycles. The van der Waals surface area contributed by atoms with Gasteiger partial charge in [0, 0.05) is 19.3 Å². The van der Waals surface area contributed by atoms with Crippen LogP contribution < -0.4 is 0 Å². The first-order valence-corrected chi connectivity index (χ1v) is 35.7. The number of unbranched alkanes of at least 4 members (excludes halogenated alkanes) is 38. The largest absolute Gasteiger partial charge is 0.462 e. The second kappa shape index (κ2) is 70.8. The highest BCUT2D eigenvalue weighted by Gasteiger charge is 2.19. The smallest absolute Gasteiger partial charge is 0.306 e. The molecule has 0 aliphatic heterocycles. The van der Waals surface area contributed by atoms with Crippen molar-refractivity contribution in [2.24, 2.45) is 0 Å². The van der Waals surface area contributed by atoms with Gasteiger partial charge in [0.05, 0.1) is 0 Å². The van der Waals surface area contributed by atoms with Crippen LogP contribution >= 0.6 is 0 Å². The predicted octanol–water partition coefficient (Wildman–Crippen LogP) is 24.8. The third-order valence-electron chi connectivity index (χ3n) is 15.6. The maximum absolute atomic E-state index is 13.0. The average molecular weight is 1160 g/mol. The minimum atomic E-state index is -0.808. The molecule has 0 aromatic heterocycles. The highest BCUT2D eigenvalue weighted by Crippen LogP contribution is 2.17. The lowest BCUT2D eigenvalue weighted by Gasteiger charge is -2.18. The van der Waals surface area contributed by atoms with Crippen molar-refractivity contribution >= 4 is 17.9 Å². The molecule has 478 valence electrons. The Hall–Kier alpha value is -3.67. The van der Waals surface area contributed by atoms with Crippen molar-refractivity contribution in [2.45, 2.75) is 361 Å². The Morgan fingerprint density at radius 1 is 0.253 bits per heavy atom. The summed E-state index contributed by atoms with van der Waals surface area (Å²) in [7, 11) is 0. The van der Waals surface area contributed by atoms with Crippen LogP contribution in [0.25, 0.3) is 0 Å². The van der Waals surface area contributed by atoms with Gasteiger partial charge in [-0.15, -0.1) is 0 Å². The van der Waals surface area contributed by atoms with E-state index < -0.39 is 6.10 Å². The second-order valence-electron chi connectivity index (χ2n) is 23.8. The lowest BCUT2D eigenvalue weighted by Crippen LogP contribution is -2.30. The molecule has 0 heterocycles. The Bertz CT molecular complexity index is 1610. The quantitative estimate of drug-likeness (QED) is 0.0261. The summed E-state index contributed by atoms with van der Waals surface area (Å²) >= 11 is 0. The van der Waals surface area contributed by atoms with Crippen molar-refractivity contribution in [3.63, 3.8) is 0 Å². The Kier molecular flexibility index (Phi) is 67.7. The fourth-order valence-electron chi connectivity index (χ4n) is 10.2. The van der Waals surface area contributed by atoms with Gasteiger partial charge < -0.3 is 14.2 Å². The van der Waals surface area contributed by atoms with E-state index in [0.29, 0.717) is 19.3 Å². The molecule has 0 saturated heterocycles. The SMILES string of the molecule is CC/C=C\C/C=C\C/C=C\C/C=C\CCC(=O)OCC(COC(=O)CCCCCCCCCCCCCCCCC/C=C\C/C=C\CCCCCCC)OC(=O)CCCCCCCCCCCCCCC/C=C\C/C=C\CCCCCCC. The zero-order valence-corrected chi connectivity index (χ0v) is 54.9. The number of carbonyl (C=O) groups is 3. The summed E-state index contributed by atoms with van der Waals surface area (Å²) in [5.41, 5.74) is 0. The number of hydrogen-bond donors (Lipinski definition) is 0. The maximum atomic E-state index is 13.0. The van der Waals surface area contributed by atoms with E-state index in [1.165, 1.54) is 231 Å². The third-order valence-corrected chi connectivity index (χ3v) is 15.6. The summed E-state index contributed by atoms with van der Waals surface area (Å²) in [5, 5.41) is 0. The van der Waals surface area contributed by atoms with Gasteiger partial charge in [-0.1, -0.05) is 323 Å². The Balaban J connectivity index is 4.28. The van der Waals surface area contributed by atoms with Crippen molar-refractivity contribution in [2.75, 3.05) is 13.2 Å². The number of esters is 3. The second-order valence-corrected chi connectivity index (χ2v) is 23.8. The molecule has 0 fully saturated rings. The molecule has 0 aromatic rings. The minimum Gasteiger partial charge on any atom is -0.462 e. The van der Waals surface area contributed by atoms with Gasteiger partial charge in [-0.05, 0) is 109 Å². The summed E-state index contributed by atoms with van der Waals surface area (Å²) in [5.74, 6) is -0.969. The molecule has 0 radical (unpaired) electrons. The normalized spacial score (nSPS) is 12.7. The van der Waals surface area contributed by atoms with E-state index in [9.17, 15) is 14.4 Å². The van der Waals surface area contributed by atoms with Gasteiger partial charge in [0.25, 0.3) is 0 Å². The van der Waals surface area contributed by atoms with E-state index in [-0.39, 0.29) is 37.5 Å². The molecular formula is C77H134O6. The van der Waals surface area contributed by atoms with E-state index in [1.807, 2.05) is 6.08 Å². The number of rotatable bonds is 65. The summed E-state index contributed by atoms with van der Waals surface area (Å²) in [6.07, 6.45) is 96.0. The maximum Gasteiger partial charge on any atom is 0.306 e. The summed E-state index contributed by atoms with van der Waals surface area (Å²) in [6, 6.07) is 0. The van der Waals surface area contributed by atoms with Gasteiger partial charge in [-0.2, -0.15) is 0 Å². The van der Waals surface area contributed by atoms with E-state index in [4.69, 9.17) is 14.2 Å². The Labute approximate surface area is 515 Å². The third kappa shape index (κ3) is 69.0. The number of ether oxygens (including phenoxy) is 3. The summed E-state index contributed by atoms with van der Waals surface area (Å²) in [6.45, 7) is 6.48. The van der Waals surface area contributed by atoms with Gasteiger partial charge in [-0.3, -0.25) is 14.4 Å². The number of allylic oxidation sites excluding steroid dienone is 16. The molecule has 0 spiro atoms. The molecular weight excluding hydrogens is 1020 g/mol. The van der Waals surface area contributed by atoms with Crippen molar-refractivity contribution < 1.29 is 28.6 Å². The molecule has 0 bridgehead atoms. The molecule has 6 heteroatoms. The highest BCUT2D eigenvalue weighted by molar-refractivity contribution is 5.71. The van der Waals surface area contributed by atoms with Crippen LogP contribution in [-0.4, -0.2) is 37.2 Å². The number of carbonyl (C=O) groups excluding carboxylic acids is 3. The van der Waals surface area contributed by atoms with Crippen molar-refractivity contribution in [3.8, 4) is 0 Å². The van der Waals surface area contributed by atoms with Crippen LogP contribution in [0.5, 0.6) is 0 Å². The van der Waals surface area contributed by atoms with Crippen LogP contribution in [-0.2, 0) is 28.6 Å². The van der Waals surface area contributed by atoms with Crippen molar-refractivity contribution in [1.82, 2.24) is 0 Å². The highest BCUT2D eigenvalue weighted by atomic mass is 16.6. The Morgan fingerprint density at radius 2 is 0.494 bits per heavy atom. The molecule has 0 rings (SSSR count). The first-order chi connectivity index (χ1) is 41.0. The average Bonchev–Trinajstić information content (AvgIpc) is 3.49. The van der Waals surface area contributed by atoms with E-state index >= 15 is 0 Å². The van der Waals surface area contributed by atoms with Crippen LogP contribution in [0.3, 0.4) is 0 Å². The molecule has 0 aliphatic rings. The first kappa shape index (κ1) is 79.3. The fourth-order valence-corrected chi connectivity index (χ4v) is 10.2. The number of hydrogen-bond acceptors (Lipinski definition) is 6. The molecule has 6 nitrogen and oxygen atoms in total. The van der Waals surface area contributed by atoms with Gasteiger partial charge in [-0.25, -0.2) is 0 Å². The molecule has 0 aromatic carbocycles. The van der Waals surface area contributed by atoms with E-state index in [1.54, 1.807) is 0 Å². The Morgan fingerprint density at radius 3 is 0.807 bits per heavy atom. The van der Waals surface area contributed by atoms with Crippen LogP contribution in [0.4, 0.5) is 0 Å². The van der Waals surface area contributed by atoms with Crippen molar-refractivity contribution in [3.05, 3.63) is 97.2 Å². The van der Waals surface area contributed by atoms with Gasteiger partial charge in [0.1, 0.15) is 13.2 Å². The first-order valence-electron chi connectivity index (χ1n) is 35.7. The topological polar surface area (TPSA) is 78.9 Å². The fraction of sp³-hybridized carbons (Fsp3) is 0.753. The molecule has 1 atom stereocenters. The molecule has 1 unspecified atom stereocenters. The molecule has 0 aliphatic carbocycles. The lowest BCUT2D eigenvalue weighted by atomic mass is 10.0. The lowest BCUT2D eigenvalue weighted by molar-refractivity contribution is -0.166.